The third kappa shape index (κ3) is 7.66. The van der Waals surface area contributed by atoms with Crippen molar-refractivity contribution in [1.29, 1.82) is 0 Å². The Morgan fingerprint density at radius 3 is 2.35 bits per heavy atom. The summed E-state index contributed by atoms with van der Waals surface area (Å²) in [6.07, 6.45) is 8.06. The lowest BCUT2D eigenvalue weighted by Crippen LogP contribution is -2.23. The fourth-order valence-electron chi connectivity index (χ4n) is 2.32. The van der Waals surface area contributed by atoms with Gasteiger partial charge in [-0.15, -0.1) is 0 Å². The van der Waals surface area contributed by atoms with Crippen molar-refractivity contribution >= 4 is 0 Å². The molecule has 0 aromatic heterocycles. The van der Waals surface area contributed by atoms with E-state index in [4.69, 9.17) is 4.74 Å². The SMILES string of the molecule is CCCCCCCCOC(CNCC)c1ccccc1. The molecule has 1 N–H and O–H groups in total. The zero-order valence-corrected chi connectivity index (χ0v) is 13.2. The first-order chi connectivity index (χ1) is 9.88. The van der Waals surface area contributed by atoms with E-state index in [1.165, 1.54) is 44.1 Å². The lowest BCUT2D eigenvalue weighted by molar-refractivity contribution is 0.0501. The molecular weight excluding hydrogens is 246 g/mol. The molecule has 20 heavy (non-hydrogen) atoms. The highest BCUT2D eigenvalue weighted by Crippen LogP contribution is 2.17. The molecule has 1 unspecified atom stereocenters. The Bertz CT molecular complexity index is 312. The van der Waals surface area contributed by atoms with Gasteiger partial charge >= 0.3 is 0 Å². The highest BCUT2D eigenvalue weighted by atomic mass is 16.5. The van der Waals surface area contributed by atoms with Crippen LogP contribution in [0.2, 0.25) is 0 Å². The maximum absolute atomic E-state index is 6.07. The van der Waals surface area contributed by atoms with Crippen molar-refractivity contribution in [2.45, 2.75) is 58.5 Å². The number of likely N-dealkylation sites (N-methyl/N-ethyl adjacent to an activating group) is 1. The van der Waals surface area contributed by atoms with Gasteiger partial charge in [-0.3, -0.25) is 0 Å². The van der Waals surface area contributed by atoms with E-state index in [1.54, 1.807) is 0 Å². The fraction of sp³-hybridized carbons (Fsp3) is 0.667. The molecule has 0 spiro atoms. The number of unbranched alkanes of at least 4 members (excludes halogenated alkanes) is 5. The summed E-state index contributed by atoms with van der Waals surface area (Å²) in [5.74, 6) is 0. The zero-order valence-electron chi connectivity index (χ0n) is 13.2. The van der Waals surface area contributed by atoms with Crippen molar-refractivity contribution in [2.75, 3.05) is 19.7 Å². The lowest BCUT2D eigenvalue weighted by Gasteiger charge is -2.18. The van der Waals surface area contributed by atoms with Gasteiger partial charge in [-0.05, 0) is 18.5 Å². The van der Waals surface area contributed by atoms with Crippen molar-refractivity contribution in [3.8, 4) is 0 Å². The zero-order chi connectivity index (χ0) is 14.5. The van der Waals surface area contributed by atoms with Crippen molar-refractivity contribution in [2.24, 2.45) is 0 Å². The Morgan fingerprint density at radius 2 is 1.65 bits per heavy atom. The van der Waals surface area contributed by atoms with E-state index in [-0.39, 0.29) is 6.10 Å². The summed E-state index contributed by atoms with van der Waals surface area (Å²) in [6.45, 7) is 7.15. The first kappa shape index (κ1) is 17.2. The van der Waals surface area contributed by atoms with Crippen molar-refractivity contribution in [3.63, 3.8) is 0 Å². The van der Waals surface area contributed by atoms with Crippen LogP contribution in [0.3, 0.4) is 0 Å². The van der Waals surface area contributed by atoms with Gasteiger partial charge in [-0.1, -0.05) is 76.3 Å². The van der Waals surface area contributed by atoms with E-state index in [0.29, 0.717) is 0 Å². The minimum atomic E-state index is 0.187. The second-order valence-corrected chi connectivity index (χ2v) is 5.35. The maximum atomic E-state index is 6.07. The number of nitrogens with one attached hydrogen (secondary N) is 1. The summed E-state index contributed by atoms with van der Waals surface area (Å²) < 4.78 is 6.07. The van der Waals surface area contributed by atoms with Crippen LogP contribution in [0, 0.1) is 0 Å². The van der Waals surface area contributed by atoms with Crippen LogP contribution < -0.4 is 5.32 Å². The Balaban J connectivity index is 2.24. The van der Waals surface area contributed by atoms with Crippen LogP contribution in [0.5, 0.6) is 0 Å². The number of ether oxygens (including phenoxy) is 1. The molecule has 1 atom stereocenters. The smallest absolute Gasteiger partial charge is 0.0949 e. The van der Waals surface area contributed by atoms with Crippen LogP contribution >= 0.6 is 0 Å². The largest absolute Gasteiger partial charge is 0.372 e. The Labute approximate surface area is 124 Å². The highest BCUT2D eigenvalue weighted by Gasteiger charge is 2.10. The predicted octanol–water partition coefficient (Wildman–Crippen LogP) is 4.71. The van der Waals surface area contributed by atoms with Crippen LogP contribution in [0.4, 0.5) is 0 Å². The van der Waals surface area contributed by atoms with E-state index in [0.717, 1.165) is 19.7 Å². The van der Waals surface area contributed by atoms with Gasteiger partial charge in [0.2, 0.25) is 0 Å². The van der Waals surface area contributed by atoms with E-state index >= 15 is 0 Å². The molecule has 114 valence electrons. The van der Waals surface area contributed by atoms with Gasteiger partial charge in [-0.25, -0.2) is 0 Å². The molecule has 0 aliphatic heterocycles. The normalized spacial score (nSPS) is 12.5. The molecule has 1 rings (SSSR count). The second-order valence-electron chi connectivity index (χ2n) is 5.35. The van der Waals surface area contributed by atoms with Crippen LogP contribution in [-0.2, 0) is 4.74 Å². The lowest BCUT2D eigenvalue weighted by atomic mass is 10.1. The molecule has 0 bridgehead atoms. The summed E-state index contributed by atoms with van der Waals surface area (Å²) in [4.78, 5) is 0. The van der Waals surface area contributed by atoms with E-state index < -0.39 is 0 Å². The molecule has 0 fully saturated rings. The molecule has 0 radical (unpaired) electrons. The summed E-state index contributed by atoms with van der Waals surface area (Å²) in [7, 11) is 0. The summed E-state index contributed by atoms with van der Waals surface area (Å²) in [6, 6.07) is 10.5. The number of hydrogen-bond acceptors (Lipinski definition) is 2. The van der Waals surface area contributed by atoms with Gasteiger partial charge in [-0.2, -0.15) is 0 Å². The maximum Gasteiger partial charge on any atom is 0.0949 e. The van der Waals surface area contributed by atoms with Crippen molar-refractivity contribution in [3.05, 3.63) is 35.9 Å². The third-order valence-electron chi connectivity index (χ3n) is 3.57. The van der Waals surface area contributed by atoms with E-state index in [2.05, 4.69) is 49.5 Å². The van der Waals surface area contributed by atoms with Crippen LogP contribution in [0.15, 0.2) is 30.3 Å². The molecule has 0 saturated heterocycles. The molecular formula is C18H31NO. The molecule has 0 amide bonds. The Kier molecular flexibility index (Phi) is 10.3. The third-order valence-corrected chi connectivity index (χ3v) is 3.57. The minimum Gasteiger partial charge on any atom is -0.372 e. The van der Waals surface area contributed by atoms with Crippen LogP contribution in [0.1, 0.15) is 64.0 Å². The molecule has 2 heteroatoms. The molecule has 0 saturated carbocycles. The van der Waals surface area contributed by atoms with Crippen molar-refractivity contribution < 1.29 is 4.74 Å². The molecule has 0 heterocycles. The molecule has 1 aromatic carbocycles. The van der Waals surface area contributed by atoms with Crippen LogP contribution in [0.25, 0.3) is 0 Å². The van der Waals surface area contributed by atoms with E-state index in [9.17, 15) is 0 Å². The van der Waals surface area contributed by atoms with Crippen molar-refractivity contribution in [1.82, 2.24) is 5.32 Å². The fourth-order valence-corrected chi connectivity index (χ4v) is 2.32. The predicted molar refractivity (Wildman–Crippen MR) is 87.1 cm³/mol. The molecule has 2 nitrogen and oxygen atoms in total. The topological polar surface area (TPSA) is 21.3 Å². The quantitative estimate of drug-likeness (QED) is 0.558. The molecule has 0 aliphatic rings. The van der Waals surface area contributed by atoms with Gasteiger partial charge in [0.1, 0.15) is 0 Å². The highest BCUT2D eigenvalue weighted by molar-refractivity contribution is 5.17. The standard InChI is InChI=1S/C18H31NO/c1-3-5-6-7-8-12-15-20-18(16-19-4-2)17-13-10-9-11-14-17/h9-11,13-14,18-19H,3-8,12,15-16H2,1-2H3. The van der Waals surface area contributed by atoms with E-state index in [1.807, 2.05) is 0 Å². The van der Waals surface area contributed by atoms with Gasteiger partial charge in [0.15, 0.2) is 0 Å². The monoisotopic (exact) mass is 277 g/mol. The van der Waals surface area contributed by atoms with Gasteiger partial charge in [0.05, 0.1) is 6.10 Å². The molecule has 1 aromatic rings. The number of benzene rings is 1. The number of hydrogen-bond donors (Lipinski definition) is 1. The van der Waals surface area contributed by atoms with Crippen LogP contribution in [-0.4, -0.2) is 19.7 Å². The second kappa shape index (κ2) is 11.9. The average molecular weight is 277 g/mol. The summed E-state index contributed by atoms with van der Waals surface area (Å²) in [5, 5.41) is 3.39. The summed E-state index contributed by atoms with van der Waals surface area (Å²) >= 11 is 0. The van der Waals surface area contributed by atoms with Gasteiger partial charge in [0, 0.05) is 13.2 Å². The van der Waals surface area contributed by atoms with Gasteiger partial charge in [0.25, 0.3) is 0 Å². The summed E-state index contributed by atoms with van der Waals surface area (Å²) in [5.41, 5.74) is 1.28. The average Bonchev–Trinajstić information content (AvgIpc) is 2.50. The Morgan fingerprint density at radius 1 is 0.950 bits per heavy atom. The first-order valence-corrected chi connectivity index (χ1v) is 8.25. The number of rotatable bonds is 12. The minimum absolute atomic E-state index is 0.187. The van der Waals surface area contributed by atoms with Gasteiger partial charge < -0.3 is 10.1 Å². The Hall–Kier alpha value is -0.860. The molecule has 0 aliphatic carbocycles. The first-order valence-electron chi connectivity index (χ1n) is 8.25.